The predicted molar refractivity (Wildman–Crippen MR) is 28.0 cm³/mol. The lowest BCUT2D eigenvalue weighted by Gasteiger charge is -1.96. The summed E-state index contributed by atoms with van der Waals surface area (Å²) in [6.45, 7) is -0.410. The monoisotopic (exact) mass is 133 g/mol. The van der Waals surface area contributed by atoms with Gasteiger partial charge in [-0.3, -0.25) is 4.79 Å². The van der Waals surface area contributed by atoms with Gasteiger partial charge in [0.15, 0.2) is 0 Å². The fraction of sp³-hybridized carbons (Fsp3) is 0.500. The quantitative estimate of drug-likeness (QED) is 0.528. The first-order valence-corrected chi connectivity index (χ1v) is 2.20. The third-order valence-corrected chi connectivity index (χ3v) is 0.569. The molecule has 2 N–H and O–H groups in total. The first kappa shape index (κ1) is 7.74. The van der Waals surface area contributed by atoms with Crippen LogP contribution < -0.4 is 5.32 Å². The van der Waals surface area contributed by atoms with Crippen molar-refractivity contribution in [1.29, 1.82) is 0 Å². The number of carbonyl (C=O) groups is 2. The second-order valence-corrected chi connectivity index (χ2v) is 1.24. The molecule has 0 bridgehead atoms. The first-order valence-electron chi connectivity index (χ1n) is 2.20. The summed E-state index contributed by atoms with van der Waals surface area (Å²) in [6.07, 6.45) is -0.739. The third kappa shape index (κ3) is 4.60. The SMILES string of the molecule is COC(=O)NCC(=O)O. The Morgan fingerprint density at radius 1 is 1.67 bits per heavy atom. The van der Waals surface area contributed by atoms with Crippen LogP contribution in [0.1, 0.15) is 0 Å². The van der Waals surface area contributed by atoms with Crippen molar-refractivity contribution in [2.45, 2.75) is 0 Å². The number of rotatable bonds is 2. The number of alkyl carbamates (subject to hydrolysis) is 1. The summed E-state index contributed by atoms with van der Waals surface area (Å²) in [7, 11) is 1.16. The van der Waals surface area contributed by atoms with E-state index >= 15 is 0 Å². The molecular formula is C4H7NO4. The number of ether oxygens (including phenoxy) is 1. The summed E-state index contributed by atoms with van der Waals surface area (Å²) in [5.74, 6) is -1.10. The summed E-state index contributed by atoms with van der Waals surface area (Å²) < 4.78 is 4.09. The van der Waals surface area contributed by atoms with E-state index in [2.05, 4.69) is 4.74 Å². The van der Waals surface area contributed by atoms with Crippen LogP contribution in [0.2, 0.25) is 0 Å². The van der Waals surface area contributed by atoms with Crippen molar-refractivity contribution in [1.82, 2.24) is 5.32 Å². The van der Waals surface area contributed by atoms with Crippen LogP contribution in [0, 0.1) is 0 Å². The molecule has 1 amide bonds. The highest BCUT2D eigenvalue weighted by atomic mass is 16.5. The van der Waals surface area contributed by atoms with E-state index in [0.29, 0.717) is 0 Å². The Bertz CT molecular complexity index is 122. The van der Waals surface area contributed by atoms with Gasteiger partial charge in [0, 0.05) is 0 Å². The van der Waals surface area contributed by atoms with E-state index in [0.717, 1.165) is 7.11 Å². The van der Waals surface area contributed by atoms with Crippen molar-refractivity contribution in [2.75, 3.05) is 13.7 Å². The van der Waals surface area contributed by atoms with Crippen molar-refractivity contribution >= 4 is 12.1 Å². The third-order valence-electron chi connectivity index (χ3n) is 0.569. The molecule has 0 rings (SSSR count). The Labute approximate surface area is 51.6 Å². The van der Waals surface area contributed by atoms with Gasteiger partial charge in [0.25, 0.3) is 0 Å². The van der Waals surface area contributed by atoms with Gasteiger partial charge in [0.1, 0.15) is 6.54 Å². The van der Waals surface area contributed by atoms with Crippen molar-refractivity contribution in [3.8, 4) is 0 Å². The average Bonchev–Trinajstić information content (AvgIpc) is 1.83. The van der Waals surface area contributed by atoms with Crippen LogP contribution in [0.15, 0.2) is 0 Å². The van der Waals surface area contributed by atoms with E-state index in [1.54, 1.807) is 0 Å². The maximum absolute atomic E-state index is 10.1. The number of nitrogens with one attached hydrogen (secondary N) is 1. The highest BCUT2D eigenvalue weighted by molar-refractivity contribution is 5.76. The van der Waals surface area contributed by atoms with E-state index in [-0.39, 0.29) is 0 Å². The Kier molecular flexibility index (Phi) is 3.19. The van der Waals surface area contributed by atoms with E-state index in [1.165, 1.54) is 0 Å². The van der Waals surface area contributed by atoms with Gasteiger partial charge in [-0.1, -0.05) is 0 Å². The second-order valence-electron chi connectivity index (χ2n) is 1.24. The van der Waals surface area contributed by atoms with Gasteiger partial charge in [-0.05, 0) is 0 Å². The lowest BCUT2D eigenvalue weighted by Crippen LogP contribution is -2.28. The molecule has 0 atom stereocenters. The van der Waals surface area contributed by atoms with Gasteiger partial charge in [-0.15, -0.1) is 0 Å². The zero-order valence-electron chi connectivity index (χ0n) is 4.88. The lowest BCUT2D eigenvalue weighted by atomic mass is 10.7. The number of aliphatic carboxylic acids is 1. The van der Waals surface area contributed by atoms with Crippen molar-refractivity contribution in [3.63, 3.8) is 0 Å². The zero-order chi connectivity index (χ0) is 7.28. The maximum atomic E-state index is 10.1. The molecule has 0 aliphatic heterocycles. The van der Waals surface area contributed by atoms with Crippen LogP contribution in [0.25, 0.3) is 0 Å². The molecule has 0 saturated carbocycles. The van der Waals surface area contributed by atoms with Crippen LogP contribution in [-0.4, -0.2) is 30.8 Å². The minimum absolute atomic E-state index is 0.410. The molecule has 5 heteroatoms. The topological polar surface area (TPSA) is 75.6 Å². The molecule has 0 aromatic carbocycles. The Hall–Kier alpha value is -1.26. The number of methoxy groups -OCH3 is 1. The first-order chi connectivity index (χ1) is 4.16. The van der Waals surface area contributed by atoms with Gasteiger partial charge in [-0.2, -0.15) is 0 Å². The smallest absolute Gasteiger partial charge is 0.407 e. The minimum Gasteiger partial charge on any atom is -0.480 e. The summed E-state index contributed by atoms with van der Waals surface area (Å²) in [5, 5.41) is 9.96. The molecule has 0 aliphatic carbocycles. The van der Waals surface area contributed by atoms with Crippen LogP contribution in [0.5, 0.6) is 0 Å². The summed E-state index contributed by atoms with van der Waals surface area (Å²) >= 11 is 0. The number of carboxylic acid groups (broad SMARTS) is 1. The molecule has 0 aliphatic rings. The molecule has 0 fully saturated rings. The van der Waals surface area contributed by atoms with Crippen LogP contribution >= 0.6 is 0 Å². The molecule has 0 unspecified atom stereocenters. The van der Waals surface area contributed by atoms with Crippen molar-refractivity contribution < 1.29 is 19.4 Å². The molecule has 0 radical (unpaired) electrons. The number of carboxylic acids is 1. The molecule has 0 aromatic rings. The Morgan fingerprint density at radius 3 is 2.56 bits per heavy atom. The molecule has 0 heterocycles. The largest absolute Gasteiger partial charge is 0.480 e. The van der Waals surface area contributed by atoms with Gasteiger partial charge < -0.3 is 15.2 Å². The summed E-state index contributed by atoms with van der Waals surface area (Å²) in [6, 6.07) is 0. The average molecular weight is 133 g/mol. The van der Waals surface area contributed by atoms with E-state index in [4.69, 9.17) is 5.11 Å². The fourth-order valence-corrected chi connectivity index (χ4v) is 0.220. The summed E-state index contributed by atoms with van der Waals surface area (Å²) in [5.41, 5.74) is 0. The molecule has 5 nitrogen and oxygen atoms in total. The van der Waals surface area contributed by atoms with Gasteiger partial charge in [-0.25, -0.2) is 4.79 Å². The molecule has 0 spiro atoms. The van der Waals surface area contributed by atoms with Gasteiger partial charge >= 0.3 is 12.1 Å². The van der Waals surface area contributed by atoms with E-state index < -0.39 is 18.6 Å². The molecular weight excluding hydrogens is 126 g/mol. The molecule has 9 heavy (non-hydrogen) atoms. The minimum atomic E-state index is -1.10. The molecule has 0 saturated heterocycles. The van der Waals surface area contributed by atoms with Crippen LogP contribution in [0.3, 0.4) is 0 Å². The van der Waals surface area contributed by atoms with Crippen LogP contribution in [-0.2, 0) is 9.53 Å². The summed E-state index contributed by atoms with van der Waals surface area (Å²) in [4.78, 5) is 19.9. The Morgan fingerprint density at radius 2 is 2.22 bits per heavy atom. The van der Waals surface area contributed by atoms with E-state index in [1.807, 2.05) is 5.32 Å². The van der Waals surface area contributed by atoms with Crippen LogP contribution in [0.4, 0.5) is 4.79 Å². The number of carbonyl (C=O) groups excluding carboxylic acids is 1. The lowest BCUT2D eigenvalue weighted by molar-refractivity contribution is -0.135. The predicted octanol–water partition coefficient (Wildman–Crippen LogP) is -0.573. The van der Waals surface area contributed by atoms with E-state index in [9.17, 15) is 9.59 Å². The molecule has 0 aromatic heterocycles. The van der Waals surface area contributed by atoms with Gasteiger partial charge in [0.2, 0.25) is 0 Å². The number of hydrogen-bond acceptors (Lipinski definition) is 3. The fourth-order valence-electron chi connectivity index (χ4n) is 0.220. The number of amides is 1. The highest BCUT2D eigenvalue weighted by Gasteiger charge is 1.99. The number of hydrogen-bond donors (Lipinski definition) is 2. The highest BCUT2D eigenvalue weighted by Crippen LogP contribution is 1.68. The van der Waals surface area contributed by atoms with Gasteiger partial charge in [0.05, 0.1) is 7.11 Å². The van der Waals surface area contributed by atoms with Crippen molar-refractivity contribution in [3.05, 3.63) is 0 Å². The molecule has 52 valence electrons. The van der Waals surface area contributed by atoms with Crippen molar-refractivity contribution in [2.24, 2.45) is 0 Å². The zero-order valence-corrected chi connectivity index (χ0v) is 4.88. The standard InChI is InChI=1S/C4H7NO4/c1-9-4(8)5-2-3(6)7/h2H2,1H3,(H,5,8)(H,6,7). The Balaban J connectivity index is 3.28. The maximum Gasteiger partial charge on any atom is 0.407 e. The second kappa shape index (κ2) is 3.71. The normalized spacial score (nSPS) is 8.11.